The Labute approximate surface area is 517 Å². The van der Waals surface area contributed by atoms with Gasteiger partial charge in [0, 0.05) is 96.6 Å². The van der Waals surface area contributed by atoms with E-state index in [1.54, 1.807) is 0 Å². The maximum atomic E-state index is 3.61. The number of benzene rings is 14. The van der Waals surface area contributed by atoms with E-state index in [9.17, 15) is 0 Å². The Morgan fingerprint density at radius 1 is 0.195 bits per heavy atom. The molecule has 0 amide bonds. The lowest BCUT2D eigenvalue weighted by Gasteiger charge is -2.11. The molecule has 87 heavy (non-hydrogen) atoms. The van der Waals surface area contributed by atoms with E-state index in [0.717, 1.165) is 26.0 Å². The van der Waals surface area contributed by atoms with Crippen LogP contribution in [0.3, 0.4) is 0 Å². The van der Waals surface area contributed by atoms with Crippen LogP contribution >= 0.6 is 31.9 Å². The lowest BCUT2D eigenvalue weighted by atomic mass is 10.1. The van der Waals surface area contributed by atoms with Gasteiger partial charge in [-0.15, -0.1) is 0 Å². The summed E-state index contributed by atoms with van der Waals surface area (Å²) >= 11 is 7.23. The van der Waals surface area contributed by atoms with Crippen LogP contribution in [0.1, 0.15) is 0 Å². The summed E-state index contributed by atoms with van der Waals surface area (Å²) in [5, 5.41) is 17.6. The van der Waals surface area contributed by atoms with Gasteiger partial charge in [0.1, 0.15) is 0 Å². The van der Waals surface area contributed by atoms with E-state index in [1.165, 1.54) is 136 Å². The molecule has 19 rings (SSSR count). The van der Waals surface area contributed by atoms with E-state index in [1.807, 2.05) is 0 Å². The zero-order chi connectivity index (χ0) is 57.7. The Morgan fingerprint density at radius 2 is 0.460 bits per heavy atom. The van der Waals surface area contributed by atoms with Gasteiger partial charge in [-0.2, -0.15) is 0 Å². The molecule has 0 atom stereocenters. The number of hydrogen-bond acceptors (Lipinski definition) is 0. The van der Waals surface area contributed by atoms with Crippen molar-refractivity contribution < 1.29 is 0 Å². The first kappa shape index (κ1) is 51.0. The second kappa shape index (κ2) is 20.7. The summed E-state index contributed by atoms with van der Waals surface area (Å²) in [4.78, 5) is 3.38. The van der Waals surface area contributed by atoms with Crippen LogP contribution in [0.15, 0.2) is 312 Å². The van der Waals surface area contributed by atoms with Gasteiger partial charge >= 0.3 is 0 Å². The molecule has 0 saturated heterocycles. The maximum Gasteiger partial charge on any atom is 0.0542 e. The number of H-pyrrole nitrogens is 1. The van der Waals surface area contributed by atoms with Crippen molar-refractivity contribution in [2.45, 2.75) is 0 Å². The zero-order valence-electron chi connectivity index (χ0n) is 46.9. The highest BCUT2D eigenvalue weighted by atomic mass is 79.9. The minimum Gasteiger partial charge on any atom is -0.355 e. The Balaban J connectivity index is 0.000000127. The minimum absolute atomic E-state index is 1.09. The molecule has 1 N–H and O–H groups in total. The lowest BCUT2D eigenvalue weighted by molar-refractivity contribution is 1.16. The van der Waals surface area contributed by atoms with E-state index in [0.29, 0.717) is 0 Å². The highest BCUT2D eigenvalue weighted by Crippen LogP contribution is 2.41. The first-order chi connectivity index (χ1) is 43.0. The summed E-state index contributed by atoms with van der Waals surface area (Å²) in [6.07, 6.45) is 0. The maximum absolute atomic E-state index is 3.61. The Hall–Kier alpha value is -10.4. The molecule has 5 aromatic heterocycles. The SMILES string of the molecule is Brc1ccc2c(c1)c1cc(Br)ccc1n2-c1ccc2ccccc2c1.c1ccc2c(c1)[nH]c1ccccc12.c1ccc2cc(-n3c4ccc(-n5c6ccccc6c6ccccc65)cc4c4cc(-n5c6ccccc6c6ccccc65)ccc43)ccc2c1. The van der Waals surface area contributed by atoms with E-state index in [-0.39, 0.29) is 0 Å². The molecule has 0 aliphatic carbocycles. The monoisotopic (exact) mass is 1240 g/mol. The van der Waals surface area contributed by atoms with Gasteiger partial charge in [0.15, 0.2) is 0 Å². The largest absolute Gasteiger partial charge is 0.355 e. The van der Waals surface area contributed by atoms with Crippen molar-refractivity contribution in [1.82, 2.24) is 23.3 Å². The Kier molecular flexibility index (Phi) is 12.1. The van der Waals surface area contributed by atoms with Crippen molar-refractivity contribution in [3.63, 3.8) is 0 Å². The summed E-state index contributed by atoms with van der Waals surface area (Å²) in [5.74, 6) is 0. The highest BCUT2D eigenvalue weighted by Gasteiger charge is 2.20. The van der Waals surface area contributed by atoms with Gasteiger partial charge in [0.2, 0.25) is 0 Å². The third-order valence-electron chi connectivity index (χ3n) is 17.5. The molecule has 5 heterocycles. The number of aromatic amines is 1. The van der Waals surface area contributed by atoms with Gasteiger partial charge in [-0.25, -0.2) is 0 Å². The molecule has 14 aromatic carbocycles. The number of nitrogens with zero attached hydrogens (tertiary/aromatic N) is 4. The molecule has 410 valence electrons. The summed E-state index contributed by atoms with van der Waals surface area (Å²) in [5.41, 5.74) is 16.7. The zero-order valence-corrected chi connectivity index (χ0v) is 50.1. The van der Waals surface area contributed by atoms with Crippen LogP contribution in [0, 0.1) is 0 Å². The van der Waals surface area contributed by atoms with Crippen LogP contribution < -0.4 is 0 Å². The second-order valence-corrected chi connectivity index (χ2v) is 24.2. The van der Waals surface area contributed by atoms with Crippen molar-refractivity contribution in [2.24, 2.45) is 0 Å². The molecule has 0 aliphatic rings. The Bertz CT molecular complexity index is 5560. The molecule has 7 heteroatoms. The summed E-state index contributed by atoms with van der Waals surface area (Å²) in [7, 11) is 0. The molecule has 0 spiro atoms. The van der Waals surface area contributed by atoms with Gasteiger partial charge in [0.25, 0.3) is 0 Å². The van der Waals surface area contributed by atoms with Crippen molar-refractivity contribution >= 4 is 162 Å². The molecule has 0 bridgehead atoms. The molecule has 0 fully saturated rings. The molecule has 0 unspecified atom stereocenters. The number of nitrogens with one attached hydrogen (secondary N) is 1. The van der Waals surface area contributed by atoms with Crippen molar-refractivity contribution in [3.05, 3.63) is 312 Å². The predicted octanol–water partition coefficient (Wildman–Crippen LogP) is 22.9. The third kappa shape index (κ3) is 8.48. The fraction of sp³-hybridized carbons (Fsp3) is 0. The number of hydrogen-bond donors (Lipinski definition) is 1. The molecule has 5 nitrogen and oxygen atoms in total. The van der Waals surface area contributed by atoms with Crippen LogP contribution in [0.5, 0.6) is 0 Å². The first-order valence-electron chi connectivity index (χ1n) is 29.4. The van der Waals surface area contributed by atoms with Crippen LogP contribution in [0.4, 0.5) is 0 Å². The number of para-hydroxylation sites is 6. The lowest BCUT2D eigenvalue weighted by Crippen LogP contribution is -1.96. The van der Waals surface area contributed by atoms with Crippen LogP contribution in [-0.4, -0.2) is 23.3 Å². The topological polar surface area (TPSA) is 35.5 Å². The van der Waals surface area contributed by atoms with Crippen LogP contribution in [-0.2, 0) is 0 Å². The van der Waals surface area contributed by atoms with E-state index in [2.05, 4.69) is 358 Å². The van der Waals surface area contributed by atoms with Gasteiger partial charge in [-0.1, -0.05) is 202 Å². The normalized spacial score (nSPS) is 11.8. The summed E-state index contributed by atoms with van der Waals surface area (Å²) < 4.78 is 11.8. The number of fused-ring (bicyclic) bond motifs is 17. The molecule has 0 saturated carbocycles. The van der Waals surface area contributed by atoms with Gasteiger partial charge in [-0.3, -0.25) is 0 Å². The molecule has 19 aromatic rings. The second-order valence-electron chi connectivity index (χ2n) is 22.4. The smallest absolute Gasteiger partial charge is 0.0542 e. The van der Waals surface area contributed by atoms with Crippen molar-refractivity contribution in [3.8, 4) is 22.7 Å². The molecular formula is C80H51Br2N5. The van der Waals surface area contributed by atoms with Gasteiger partial charge in [-0.05, 0) is 155 Å². The number of rotatable bonds is 4. The molecule has 0 radical (unpaired) electrons. The van der Waals surface area contributed by atoms with Crippen LogP contribution in [0.2, 0.25) is 0 Å². The molecule has 0 aliphatic heterocycles. The van der Waals surface area contributed by atoms with Crippen LogP contribution in [0.25, 0.3) is 153 Å². The summed E-state index contributed by atoms with van der Waals surface area (Å²) in [6.45, 7) is 0. The van der Waals surface area contributed by atoms with Crippen molar-refractivity contribution in [2.75, 3.05) is 0 Å². The first-order valence-corrected chi connectivity index (χ1v) is 30.9. The third-order valence-corrected chi connectivity index (χ3v) is 18.5. The van der Waals surface area contributed by atoms with Gasteiger partial charge < -0.3 is 23.3 Å². The highest BCUT2D eigenvalue weighted by molar-refractivity contribution is 9.10. The average molecular weight is 1240 g/mol. The van der Waals surface area contributed by atoms with Gasteiger partial charge in [0.05, 0.1) is 44.1 Å². The van der Waals surface area contributed by atoms with E-state index in [4.69, 9.17) is 0 Å². The van der Waals surface area contributed by atoms with E-state index < -0.39 is 0 Å². The number of aromatic nitrogens is 5. The van der Waals surface area contributed by atoms with E-state index >= 15 is 0 Å². The Morgan fingerprint density at radius 3 is 0.839 bits per heavy atom. The fourth-order valence-corrected chi connectivity index (χ4v) is 14.4. The average Bonchev–Trinajstić information content (AvgIpc) is 2.35. The standard InChI is InChI=1S/C46H29N3.C22H13Br2N.C12H9N/c1-2-12-31-27-32(22-21-30(31)11-1)47-45-25-23-33(48-41-17-7-3-13-35(41)36-14-4-8-18-42(36)48)28-39(45)40-29-34(24-26-46(40)47)49-43-19-9-5-15-37(43)38-16-6-10-20-44(38)49;23-16-6-9-21-19(12-16)20-13-17(24)7-10-22(20)25(21)18-8-5-14-3-1-2-4-15(14)11-18;1-3-7-11-9(5-1)10-6-2-4-8-12(10)13-11/h1-29H;1-13H;1-8,13H. The fourth-order valence-electron chi connectivity index (χ4n) is 13.6. The quantitative estimate of drug-likeness (QED) is 0.182. The predicted molar refractivity (Wildman–Crippen MR) is 376 cm³/mol. The minimum atomic E-state index is 1.09. The number of halogens is 2. The van der Waals surface area contributed by atoms with Crippen molar-refractivity contribution in [1.29, 1.82) is 0 Å². The molecular weight excluding hydrogens is 1190 g/mol. The summed E-state index contributed by atoms with van der Waals surface area (Å²) in [6, 6.07) is 109.